The van der Waals surface area contributed by atoms with E-state index in [1.54, 1.807) is 30.3 Å². The smallest absolute Gasteiger partial charge is 0.264 e. The lowest BCUT2D eigenvalue weighted by Gasteiger charge is -2.34. The summed E-state index contributed by atoms with van der Waals surface area (Å²) in [5.41, 5.74) is 4.84. The van der Waals surface area contributed by atoms with Gasteiger partial charge < -0.3 is 10.2 Å². The third kappa shape index (κ3) is 7.70. The summed E-state index contributed by atoms with van der Waals surface area (Å²) in [5.74, 6) is -0.773. The van der Waals surface area contributed by atoms with Gasteiger partial charge in [0, 0.05) is 19.5 Å². The van der Waals surface area contributed by atoms with Crippen molar-refractivity contribution >= 4 is 27.5 Å². The van der Waals surface area contributed by atoms with Gasteiger partial charge in [0.05, 0.1) is 10.6 Å². The van der Waals surface area contributed by atoms with Crippen LogP contribution in [0.3, 0.4) is 0 Å². The third-order valence-electron chi connectivity index (χ3n) is 7.51. The van der Waals surface area contributed by atoms with Crippen LogP contribution in [0.4, 0.5) is 5.69 Å². The quantitative estimate of drug-likeness (QED) is 0.231. The van der Waals surface area contributed by atoms with Crippen molar-refractivity contribution < 1.29 is 18.0 Å². The molecule has 0 aliphatic heterocycles. The first-order valence-electron chi connectivity index (χ1n) is 14.4. The monoisotopic (exact) mass is 597 g/mol. The van der Waals surface area contributed by atoms with Crippen LogP contribution in [0.2, 0.25) is 0 Å². The first-order chi connectivity index (χ1) is 20.6. The summed E-state index contributed by atoms with van der Waals surface area (Å²) in [6.07, 6.45) is 0.277. The summed E-state index contributed by atoms with van der Waals surface area (Å²) in [6.45, 7) is 7.62. The maximum atomic E-state index is 14.5. The molecule has 0 spiro atoms. The number of hydrogen-bond donors (Lipinski definition) is 1. The van der Waals surface area contributed by atoms with Crippen molar-refractivity contribution in [1.29, 1.82) is 0 Å². The lowest BCUT2D eigenvalue weighted by atomic mass is 10.0. The minimum absolute atomic E-state index is 0.0819. The molecule has 0 saturated carbocycles. The minimum atomic E-state index is -4.13. The van der Waals surface area contributed by atoms with Crippen molar-refractivity contribution in [1.82, 2.24) is 10.2 Å². The van der Waals surface area contributed by atoms with E-state index >= 15 is 0 Å². The Kier molecular flexibility index (Phi) is 10.4. The summed E-state index contributed by atoms with van der Waals surface area (Å²) in [7, 11) is -4.13. The van der Waals surface area contributed by atoms with Gasteiger partial charge in [-0.25, -0.2) is 8.42 Å². The molecule has 4 rings (SSSR count). The van der Waals surface area contributed by atoms with Crippen LogP contribution >= 0.6 is 0 Å². The highest BCUT2D eigenvalue weighted by Crippen LogP contribution is 2.29. The van der Waals surface area contributed by atoms with Crippen LogP contribution in [0, 0.1) is 20.8 Å². The number of amides is 2. The topological polar surface area (TPSA) is 86.8 Å². The van der Waals surface area contributed by atoms with Crippen LogP contribution in [0.1, 0.15) is 34.7 Å². The van der Waals surface area contributed by atoms with E-state index in [0.29, 0.717) is 12.2 Å². The molecule has 0 aliphatic carbocycles. The van der Waals surface area contributed by atoms with E-state index in [2.05, 4.69) is 5.32 Å². The number of nitrogens with one attached hydrogen (secondary N) is 1. The van der Waals surface area contributed by atoms with Crippen molar-refractivity contribution in [3.8, 4) is 0 Å². The Hall–Kier alpha value is -4.43. The number of hydrogen-bond acceptors (Lipinski definition) is 4. The van der Waals surface area contributed by atoms with Crippen LogP contribution in [-0.2, 0) is 32.6 Å². The predicted octanol–water partition coefficient (Wildman–Crippen LogP) is 5.58. The molecule has 2 amide bonds. The van der Waals surface area contributed by atoms with Gasteiger partial charge in [-0.05, 0) is 68.1 Å². The maximum Gasteiger partial charge on any atom is 0.264 e. The molecule has 0 fully saturated rings. The summed E-state index contributed by atoms with van der Waals surface area (Å²) >= 11 is 0. The highest BCUT2D eigenvalue weighted by atomic mass is 32.2. The van der Waals surface area contributed by atoms with Gasteiger partial charge in [-0.15, -0.1) is 0 Å². The lowest BCUT2D eigenvalue weighted by Crippen LogP contribution is -2.53. The number of nitrogens with zero attached hydrogens (tertiary/aromatic N) is 2. The SMILES string of the molecule is CCNC(=O)[C@@H](Cc1ccccc1)N(Cc1cccc(C)c1)C(=O)CN(c1cccc(C)c1C)S(=O)(=O)c1ccccc1. The van der Waals surface area contributed by atoms with E-state index in [4.69, 9.17) is 0 Å². The Morgan fingerprint density at radius 3 is 2.07 bits per heavy atom. The number of aryl methyl sites for hydroxylation is 2. The van der Waals surface area contributed by atoms with Crippen molar-refractivity contribution in [2.45, 2.75) is 51.6 Å². The second-order valence-electron chi connectivity index (χ2n) is 10.7. The van der Waals surface area contributed by atoms with Crippen molar-refractivity contribution in [2.75, 3.05) is 17.4 Å². The van der Waals surface area contributed by atoms with Crippen molar-refractivity contribution in [3.05, 3.63) is 131 Å². The molecule has 0 aliphatic rings. The fraction of sp³-hybridized carbons (Fsp3) is 0.257. The second kappa shape index (κ2) is 14.2. The molecule has 0 saturated heterocycles. The van der Waals surface area contributed by atoms with Crippen molar-refractivity contribution in [2.24, 2.45) is 0 Å². The number of anilines is 1. The van der Waals surface area contributed by atoms with Gasteiger partial charge in [-0.1, -0.05) is 90.5 Å². The summed E-state index contributed by atoms with van der Waals surface area (Å²) in [5, 5.41) is 2.89. The maximum absolute atomic E-state index is 14.5. The van der Waals surface area contributed by atoms with E-state index < -0.39 is 28.5 Å². The number of likely N-dealkylation sites (N-methyl/N-ethyl adjacent to an activating group) is 1. The molecule has 7 nitrogen and oxygen atoms in total. The first kappa shape index (κ1) is 31.5. The Labute approximate surface area is 255 Å². The zero-order valence-corrected chi connectivity index (χ0v) is 26.0. The fourth-order valence-electron chi connectivity index (χ4n) is 5.09. The van der Waals surface area contributed by atoms with Gasteiger partial charge >= 0.3 is 0 Å². The molecule has 4 aromatic rings. The molecule has 0 radical (unpaired) electrons. The minimum Gasteiger partial charge on any atom is -0.355 e. The fourth-order valence-corrected chi connectivity index (χ4v) is 6.58. The van der Waals surface area contributed by atoms with Gasteiger partial charge in [0.15, 0.2) is 0 Å². The van der Waals surface area contributed by atoms with Crippen LogP contribution in [0.15, 0.2) is 108 Å². The molecule has 0 unspecified atom stereocenters. The number of sulfonamides is 1. The molecular weight excluding hydrogens is 558 g/mol. The van der Waals surface area contributed by atoms with E-state index in [9.17, 15) is 18.0 Å². The molecular formula is C35H39N3O4S. The number of rotatable bonds is 12. The molecule has 0 heterocycles. The van der Waals surface area contributed by atoms with Crippen LogP contribution in [0.5, 0.6) is 0 Å². The molecule has 0 bridgehead atoms. The Bertz CT molecular complexity index is 1660. The van der Waals surface area contributed by atoms with Crippen LogP contribution in [0.25, 0.3) is 0 Å². The summed E-state index contributed by atoms with van der Waals surface area (Å²) in [6, 6.07) is 29.9. The molecule has 1 atom stereocenters. The average molecular weight is 598 g/mol. The predicted molar refractivity (Wildman–Crippen MR) is 171 cm³/mol. The standard InChI is InChI=1S/C35H39N3O4S/c1-5-36-35(40)33(23-29-16-8-6-9-17-29)37(24-30-18-12-14-26(2)22-30)34(39)25-38(32-21-13-15-27(3)28(32)4)43(41,42)31-19-10-7-11-20-31/h6-22,33H,5,23-25H2,1-4H3,(H,36,40)/t33-/m1/s1. The van der Waals surface area contributed by atoms with E-state index in [-0.39, 0.29) is 23.8 Å². The second-order valence-corrected chi connectivity index (χ2v) is 12.5. The van der Waals surface area contributed by atoms with Crippen LogP contribution < -0.4 is 9.62 Å². The first-order valence-corrected chi connectivity index (χ1v) is 15.9. The summed E-state index contributed by atoms with van der Waals surface area (Å²) in [4.78, 5) is 29.7. The highest BCUT2D eigenvalue weighted by molar-refractivity contribution is 7.92. The normalized spacial score (nSPS) is 11.9. The van der Waals surface area contributed by atoms with Gasteiger partial charge in [-0.3, -0.25) is 13.9 Å². The number of benzene rings is 4. The Morgan fingerprint density at radius 1 is 0.791 bits per heavy atom. The highest BCUT2D eigenvalue weighted by Gasteiger charge is 2.35. The molecule has 1 N–H and O–H groups in total. The van der Waals surface area contributed by atoms with Gasteiger partial charge in [0.25, 0.3) is 10.0 Å². The molecule has 0 aromatic heterocycles. The lowest BCUT2D eigenvalue weighted by molar-refractivity contribution is -0.140. The number of carbonyl (C=O) groups excluding carboxylic acids is 2. The number of carbonyl (C=O) groups is 2. The van der Waals surface area contributed by atoms with Gasteiger partial charge in [-0.2, -0.15) is 0 Å². The molecule has 43 heavy (non-hydrogen) atoms. The third-order valence-corrected chi connectivity index (χ3v) is 9.29. The Morgan fingerprint density at radius 2 is 1.42 bits per heavy atom. The zero-order valence-electron chi connectivity index (χ0n) is 25.2. The molecule has 4 aromatic carbocycles. The molecule has 224 valence electrons. The van der Waals surface area contributed by atoms with E-state index in [1.165, 1.54) is 21.3 Å². The Balaban J connectivity index is 1.82. The zero-order chi connectivity index (χ0) is 31.0. The van der Waals surface area contributed by atoms with E-state index in [0.717, 1.165) is 27.8 Å². The average Bonchev–Trinajstić information content (AvgIpc) is 3.00. The summed E-state index contributed by atoms with van der Waals surface area (Å²) < 4.78 is 29.4. The van der Waals surface area contributed by atoms with Gasteiger partial charge in [0.1, 0.15) is 12.6 Å². The molecule has 8 heteroatoms. The van der Waals surface area contributed by atoms with Gasteiger partial charge in [0.2, 0.25) is 11.8 Å². The van der Waals surface area contributed by atoms with E-state index in [1.807, 2.05) is 88.4 Å². The largest absolute Gasteiger partial charge is 0.355 e. The van der Waals surface area contributed by atoms with Crippen LogP contribution in [-0.4, -0.2) is 44.3 Å². The van der Waals surface area contributed by atoms with Crippen molar-refractivity contribution in [3.63, 3.8) is 0 Å².